The van der Waals surface area contributed by atoms with Crippen molar-refractivity contribution in [3.8, 4) is 11.1 Å². The van der Waals surface area contributed by atoms with E-state index in [2.05, 4.69) is 15.9 Å². The Hall–Kier alpha value is -0.900. The largest absolute Gasteiger partial charge is 0.324 e. The molecule has 0 spiro atoms. The van der Waals surface area contributed by atoms with E-state index < -0.39 is 5.82 Å². The van der Waals surface area contributed by atoms with E-state index >= 15 is 0 Å². The number of halogens is 3. The van der Waals surface area contributed by atoms with Crippen LogP contribution >= 0.6 is 27.5 Å². The monoisotopic (exact) mass is 341 g/mol. The van der Waals surface area contributed by atoms with Gasteiger partial charge in [-0.1, -0.05) is 48.9 Å². The lowest BCUT2D eigenvalue weighted by Gasteiger charge is -2.11. The van der Waals surface area contributed by atoms with Crippen molar-refractivity contribution in [2.45, 2.75) is 19.4 Å². The third-order valence-corrected chi connectivity index (χ3v) is 4.38. The van der Waals surface area contributed by atoms with Gasteiger partial charge in [0.1, 0.15) is 0 Å². The van der Waals surface area contributed by atoms with Gasteiger partial charge in [0.2, 0.25) is 0 Å². The highest BCUT2D eigenvalue weighted by atomic mass is 79.9. The van der Waals surface area contributed by atoms with Crippen molar-refractivity contribution in [2.75, 3.05) is 0 Å². The standard InChI is InChI=1S/C15H14BrClFN/c1-2-13(19)10-5-3-9(4-6-10)11-7-8-12(16)14(17)15(11)18/h3-8,13H,2,19H2,1H3. The lowest BCUT2D eigenvalue weighted by Crippen LogP contribution is -2.08. The van der Waals surface area contributed by atoms with E-state index in [1.807, 2.05) is 31.2 Å². The Morgan fingerprint density at radius 1 is 1.21 bits per heavy atom. The second kappa shape index (κ2) is 6.04. The highest BCUT2D eigenvalue weighted by molar-refractivity contribution is 9.10. The van der Waals surface area contributed by atoms with E-state index in [4.69, 9.17) is 17.3 Å². The summed E-state index contributed by atoms with van der Waals surface area (Å²) in [6.07, 6.45) is 0.873. The van der Waals surface area contributed by atoms with Crippen LogP contribution in [0.3, 0.4) is 0 Å². The Morgan fingerprint density at radius 2 is 1.84 bits per heavy atom. The summed E-state index contributed by atoms with van der Waals surface area (Å²) < 4.78 is 14.6. The molecule has 2 aromatic carbocycles. The maximum atomic E-state index is 14.1. The lowest BCUT2D eigenvalue weighted by atomic mass is 10.00. The van der Waals surface area contributed by atoms with E-state index in [-0.39, 0.29) is 11.1 Å². The maximum Gasteiger partial charge on any atom is 0.150 e. The summed E-state index contributed by atoms with van der Waals surface area (Å²) in [6, 6.07) is 11.1. The van der Waals surface area contributed by atoms with Crippen LogP contribution < -0.4 is 5.73 Å². The van der Waals surface area contributed by atoms with E-state index in [9.17, 15) is 4.39 Å². The third-order valence-electron chi connectivity index (χ3n) is 3.12. The molecule has 1 unspecified atom stereocenters. The Bertz CT molecular complexity index is 583. The Morgan fingerprint density at radius 3 is 2.42 bits per heavy atom. The normalized spacial score (nSPS) is 12.5. The molecule has 2 aromatic rings. The molecular formula is C15H14BrClFN. The molecule has 2 rings (SSSR count). The molecular weight excluding hydrogens is 329 g/mol. The van der Waals surface area contributed by atoms with Gasteiger partial charge in [0.25, 0.3) is 0 Å². The zero-order valence-corrected chi connectivity index (χ0v) is 12.8. The molecule has 1 atom stereocenters. The fourth-order valence-electron chi connectivity index (χ4n) is 1.89. The first-order valence-corrected chi connectivity index (χ1v) is 7.21. The van der Waals surface area contributed by atoms with E-state index in [0.717, 1.165) is 17.5 Å². The van der Waals surface area contributed by atoms with Crippen LogP contribution in [0.4, 0.5) is 4.39 Å². The fourth-order valence-corrected chi connectivity index (χ4v) is 2.37. The average Bonchev–Trinajstić information content (AvgIpc) is 2.44. The van der Waals surface area contributed by atoms with Crippen LogP contribution in [0.5, 0.6) is 0 Å². The van der Waals surface area contributed by atoms with E-state index in [1.54, 1.807) is 12.1 Å². The minimum Gasteiger partial charge on any atom is -0.324 e. The molecule has 0 aromatic heterocycles. The summed E-state index contributed by atoms with van der Waals surface area (Å²) >= 11 is 9.10. The van der Waals surface area contributed by atoms with Crippen molar-refractivity contribution in [2.24, 2.45) is 5.73 Å². The molecule has 0 aliphatic rings. The smallest absolute Gasteiger partial charge is 0.150 e. The van der Waals surface area contributed by atoms with Gasteiger partial charge in [0, 0.05) is 16.1 Å². The summed E-state index contributed by atoms with van der Waals surface area (Å²) in [7, 11) is 0. The van der Waals surface area contributed by atoms with Gasteiger partial charge < -0.3 is 5.73 Å². The average molecular weight is 343 g/mol. The summed E-state index contributed by atoms with van der Waals surface area (Å²) in [4.78, 5) is 0. The molecule has 100 valence electrons. The zero-order chi connectivity index (χ0) is 14.0. The minimum atomic E-state index is -0.413. The number of rotatable bonds is 3. The number of hydrogen-bond acceptors (Lipinski definition) is 1. The van der Waals surface area contributed by atoms with Crippen molar-refractivity contribution in [3.63, 3.8) is 0 Å². The molecule has 0 fully saturated rings. The first-order chi connectivity index (χ1) is 9.04. The molecule has 0 saturated heterocycles. The van der Waals surface area contributed by atoms with Crippen LogP contribution in [0.2, 0.25) is 5.02 Å². The van der Waals surface area contributed by atoms with Gasteiger partial charge in [-0.3, -0.25) is 0 Å². The maximum absolute atomic E-state index is 14.1. The molecule has 0 aliphatic heterocycles. The van der Waals surface area contributed by atoms with Crippen molar-refractivity contribution >= 4 is 27.5 Å². The molecule has 0 amide bonds. The van der Waals surface area contributed by atoms with Crippen LogP contribution in [-0.4, -0.2) is 0 Å². The van der Waals surface area contributed by atoms with Crippen LogP contribution in [0.15, 0.2) is 40.9 Å². The van der Waals surface area contributed by atoms with Crippen LogP contribution in [-0.2, 0) is 0 Å². The van der Waals surface area contributed by atoms with Gasteiger partial charge in [-0.25, -0.2) is 4.39 Å². The molecule has 19 heavy (non-hydrogen) atoms. The third kappa shape index (κ3) is 2.99. The van der Waals surface area contributed by atoms with E-state index in [0.29, 0.717) is 10.0 Å². The van der Waals surface area contributed by atoms with Gasteiger partial charge >= 0.3 is 0 Å². The number of hydrogen-bond donors (Lipinski definition) is 1. The lowest BCUT2D eigenvalue weighted by molar-refractivity contribution is 0.631. The molecule has 1 nitrogen and oxygen atoms in total. The van der Waals surface area contributed by atoms with Crippen LogP contribution in [0.1, 0.15) is 24.9 Å². The topological polar surface area (TPSA) is 26.0 Å². The minimum absolute atomic E-state index is 0.0207. The Labute approximate surface area is 125 Å². The zero-order valence-electron chi connectivity index (χ0n) is 10.5. The first-order valence-electron chi connectivity index (χ1n) is 6.04. The van der Waals surface area contributed by atoms with Crippen molar-refractivity contribution in [1.29, 1.82) is 0 Å². The quantitative estimate of drug-likeness (QED) is 0.751. The van der Waals surface area contributed by atoms with Gasteiger partial charge in [0.05, 0.1) is 5.02 Å². The predicted molar refractivity (Wildman–Crippen MR) is 81.8 cm³/mol. The Balaban J connectivity index is 2.40. The van der Waals surface area contributed by atoms with E-state index in [1.165, 1.54) is 0 Å². The van der Waals surface area contributed by atoms with Crippen LogP contribution in [0, 0.1) is 5.82 Å². The molecule has 2 N–H and O–H groups in total. The van der Waals surface area contributed by atoms with Crippen LogP contribution in [0.25, 0.3) is 11.1 Å². The summed E-state index contributed by atoms with van der Waals surface area (Å²) in [6.45, 7) is 2.03. The molecule has 0 bridgehead atoms. The second-order valence-corrected chi connectivity index (χ2v) is 5.59. The predicted octanol–water partition coefficient (Wildman–Crippen LogP) is 5.32. The molecule has 0 radical (unpaired) electrons. The highest BCUT2D eigenvalue weighted by Crippen LogP contribution is 2.33. The van der Waals surface area contributed by atoms with Crippen molar-refractivity contribution in [1.82, 2.24) is 0 Å². The number of nitrogens with two attached hydrogens (primary N) is 1. The summed E-state index contributed by atoms with van der Waals surface area (Å²) in [5.74, 6) is -0.413. The van der Waals surface area contributed by atoms with Gasteiger partial charge in [0.15, 0.2) is 5.82 Å². The van der Waals surface area contributed by atoms with Crippen molar-refractivity contribution in [3.05, 3.63) is 57.3 Å². The van der Waals surface area contributed by atoms with Crippen molar-refractivity contribution < 1.29 is 4.39 Å². The second-order valence-electron chi connectivity index (χ2n) is 4.36. The summed E-state index contributed by atoms with van der Waals surface area (Å²) in [5.41, 5.74) is 8.29. The first kappa shape index (κ1) is 14.5. The molecule has 0 saturated carbocycles. The summed E-state index contributed by atoms with van der Waals surface area (Å²) in [5, 5.41) is 0.104. The molecule has 0 heterocycles. The fraction of sp³-hybridized carbons (Fsp3) is 0.200. The number of benzene rings is 2. The molecule has 0 aliphatic carbocycles. The molecule has 4 heteroatoms. The van der Waals surface area contributed by atoms with Gasteiger partial charge in [-0.15, -0.1) is 0 Å². The van der Waals surface area contributed by atoms with Gasteiger partial charge in [-0.2, -0.15) is 0 Å². The SMILES string of the molecule is CCC(N)c1ccc(-c2ccc(Br)c(Cl)c2F)cc1. The highest BCUT2D eigenvalue weighted by Gasteiger charge is 2.12. The van der Waals surface area contributed by atoms with Gasteiger partial charge in [-0.05, 0) is 39.5 Å². The Kier molecular flexibility index (Phi) is 4.61.